The molecule has 0 aliphatic heterocycles. The number of anilines is 2. The average Bonchev–Trinajstić information content (AvgIpc) is 2.41. The number of hydrogen-bond acceptors (Lipinski definition) is 4. The van der Waals surface area contributed by atoms with Crippen LogP contribution in [0.2, 0.25) is 0 Å². The van der Waals surface area contributed by atoms with E-state index in [0.717, 1.165) is 22.5 Å². The molecule has 4 N–H and O–H groups in total. The number of nitrogens with zero attached hydrogens (tertiary/aromatic N) is 1. The van der Waals surface area contributed by atoms with E-state index in [1.54, 1.807) is 12.1 Å². The number of rotatable bonds is 3. The summed E-state index contributed by atoms with van der Waals surface area (Å²) in [4.78, 5) is 16.6. The summed E-state index contributed by atoms with van der Waals surface area (Å²) >= 11 is 0. The van der Waals surface area contributed by atoms with Gasteiger partial charge in [0.2, 0.25) is 0 Å². The maximum atomic E-state index is 12.4. The van der Waals surface area contributed by atoms with Crippen molar-refractivity contribution in [2.45, 2.75) is 27.7 Å². The third-order valence-electron chi connectivity index (χ3n) is 3.28. The molecule has 0 atom stereocenters. The van der Waals surface area contributed by atoms with E-state index in [0.29, 0.717) is 11.4 Å². The second-order valence-electron chi connectivity index (χ2n) is 5.25. The van der Waals surface area contributed by atoms with Crippen molar-refractivity contribution in [3.05, 3.63) is 52.2 Å². The molecule has 1 amide bonds. The van der Waals surface area contributed by atoms with Gasteiger partial charge in [-0.3, -0.25) is 4.79 Å². The van der Waals surface area contributed by atoms with Gasteiger partial charge in [0.25, 0.3) is 5.91 Å². The van der Waals surface area contributed by atoms with Crippen molar-refractivity contribution in [3.63, 3.8) is 0 Å². The van der Waals surface area contributed by atoms with Crippen molar-refractivity contribution in [1.82, 2.24) is 4.98 Å². The molecule has 2 aromatic rings. The molecule has 1 aromatic heterocycles. The minimum Gasteiger partial charge on any atom is -0.322 e. The van der Waals surface area contributed by atoms with Crippen molar-refractivity contribution in [2.75, 3.05) is 10.7 Å². The van der Waals surface area contributed by atoms with E-state index in [1.165, 1.54) is 5.56 Å². The van der Waals surface area contributed by atoms with E-state index in [4.69, 9.17) is 5.84 Å². The van der Waals surface area contributed by atoms with Crippen LogP contribution in [-0.2, 0) is 0 Å². The molecule has 0 unspecified atom stereocenters. The van der Waals surface area contributed by atoms with E-state index in [1.807, 2.05) is 39.8 Å². The fourth-order valence-electron chi connectivity index (χ4n) is 2.44. The first-order valence-electron chi connectivity index (χ1n) is 6.75. The first kappa shape index (κ1) is 15.0. The molecule has 0 saturated carbocycles. The van der Waals surface area contributed by atoms with Crippen LogP contribution < -0.4 is 16.6 Å². The Morgan fingerprint density at radius 2 is 1.67 bits per heavy atom. The van der Waals surface area contributed by atoms with Gasteiger partial charge in [-0.15, -0.1) is 0 Å². The van der Waals surface area contributed by atoms with Crippen molar-refractivity contribution < 1.29 is 4.79 Å². The van der Waals surface area contributed by atoms with Gasteiger partial charge in [-0.2, -0.15) is 0 Å². The summed E-state index contributed by atoms with van der Waals surface area (Å²) in [5.41, 5.74) is 7.84. The highest BCUT2D eigenvalue weighted by Crippen LogP contribution is 2.23. The molecule has 0 saturated heterocycles. The van der Waals surface area contributed by atoms with Gasteiger partial charge in [0.1, 0.15) is 5.82 Å². The summed E-state index contributed by atoms with van der Waals surface area (Å²) in [6.45, 7) is 7.83. The molecule has 0 aliphatic rings. The van der Waals surface area contributed by atoms with E-state index < -0.39 is 0 Å². The molecule has 0 bridgehead atoms. The molecular formula is C16H20N4O. The third-order valence-corrected chi connectivity index (χ3v) is 3.28. The zero-order chi connectivity index (χ0) is 15.6. The largest absolute Gasteiger partial charge is 0.322 e. The average molecular weight is 284 g/mol. The topological polar surface area (TPSA) is 80.0 Å². The first-order chi connectivity index (χ1) is 9.90. The third kappa shape index (κ3) is 3.38. The second kappa shape index (κ2) is 5.93. The van der Waals surface area contributed by atoms with Crippen molar-refractivity contribution in [2.24, 2.45) is 5.84 Å². The molecule has 5 heteroatoms. The van der Waals surface area contributed by atoms with Gasteiger partial charge in [-0.05, 0) is 51.0 Å². The second-order valence-corrected chi connectivity index (χ2v) is 5.25. The summed E-state index contributed by atoms with van der Waals surface area (Å²) in [5.74, 6) is 5.66. The van der Waals surface area contributed by atoms with Gasteiger partial charge in [0, 0.05) is 16.9 Å². The molecule has 110 valence electrons. The number of nitrogens with one attached hydrogen (secondary N) is 2. The minimum absolute atomic E-state index is 0.174. The van der Waals surface area contributed by atoms with Crippen LogP contribution in [-0.4, -0.2) is 10.9 Å². The number of pyridine rings is 1. The summed E-state index contributed by atoms with van der Waals surface area (Å²) < 4.78 is 0. The fourth-order valence-corrected chi connectivity index (χ4v) is 2.44. The number of aryl methyl sites for hydroxylation is 4. The van der Waals surface area contributed by atoms with E-state index >= 15 is 0 Å². The van der Waals surface area contributed by atoms with Crippen LogP contribution in [0.1, 0.15) is 32.7 Å². The standard InChI is InChI=1S/C16H20N4O/c1-9-5-10(2)15(11(3)6-9)19-16(21)13-7-12(4)18-14(8-13)20-17/h5-8H,17H2,1-4H3,(H,18,20)(H,19,21). The highest BCUT2D eigenvalue weighted by Gasteiger charge is 2.12. The Morgan fingerprint density at radius 3 is 2.24 bits per heavy atom. The lowest BCUT2D eigenvalue weighted by molar-refractivity contribution is 0.102. The molecule has 21 heavy (non-hydrogen) atoms. The van der Waals surface area contributed by atoms with Gasteiger partial charge in [0.05, 0.1) is 0 Å². The zero-order valence-corrected chi connectivity index (χ0v) is 12.7. The number of carbonyl (C=O) groups is 1. The summed E-state index contributed by atoms with van der Waals surface area (Å²) in [6.07, 6.45) is 0. The quantitative estimate of drug-likeness (QED) is 0.598. The van der Waals surface area contributed by atoms with Crippen LogP contribution >= 0.6 is 0 Å². The van der Waals surface area contributed by atoms with E-state index in [-0.39, 0.29) is 5.91 Å². The van der Waals surface area contributed by atoms with Crippen LogP contribution in [0.5, 0.6) is 0 Å². The predicted molar refractivity (Wildman–Crippen MR) is 85.4 cm³/mol. The molecular weight excluding hydrogens is 264 g/mol. The Morgan fingerprint density at radius 1 is 1.05 bits per heavy atom. The van der Waals surface area contributed by atoms with Gasteiger partial charge < -0.3 is 10.7 Å². The number of hydrazine groups is 1. The normalized spacial score (nSPS) is 10.3. The number of amides is 1. The van der Waals surface area contributed by atoms with Crippen LogP contribution in [0.4, 0.5) is 11.5 Å². The van der Waals surface area contributed by atoms with Gasteiger partial charge in [0.15, 0.2) is 0 Å². The lowest BCUT2D eigenvalue weighted by Gasteiger charge is -2.13. The molecule has 5 nitrogen and oxygen atoms in total. The summed E-state index contributed by atoms with van der Waals surface area (Å²) in [6, 6.07) is 7.46. The highest BCUT2D eigenvalue weighted by molar-refractivity contribution is 6.05. The number of nitrogens with two attached hydrogens (primary N) is 1. The zero-order valence-electron chi connectivity index (χ0n) is 12.7. The highest BCUT2D eigenvalue weighted by atomic mass is 16.1. The predicted octanol–water partition coefficient (Wildman–Crippen LogP) is 2.85. The Balaban J connectivity index is 2.32. The van der Waals surface area contributed by atoms with Crippen molar-refractivity contribution >= 4 is 17.4 Å². The van der Waals surface area contributed by atoms with Crippen molar-refractivity contribution in [1.29, 1.82) is 0 Å². The maximum absolute atomic E-state index is 12.4. The minimum atomic E-state index is -0.174. The first-order valence-corrected chi connectivity index (χ1v) is 6.75. The number of hydrogen-bond donors (Lipinski definition) is 3. The van der Waals surface area contributed by atoms with Crippen LogP contribution in [0.25, 0.3) is 0 Å². The van der Waals surface area contributed by atoms with Crippen LogP contribution in [0, 0.1) is 27.7 Å². The van der Waals surface area contributed by atoms with Gasteiger partial charge in [-0.25, -0.2) is 10.8 Å². The van der Waals surface area contributed by atoms with Crippen molar-refractivity contribution in [3.8, 4) is 0 Å². The van der Waals surface area contributed by atoms with E-state index in [2.05, 4.69) is 15.7 Å². The van der Waals surface area contributed by atoms with E-state index in [9.17, 15) is 4.79 Å². The molecule has 0 fully saturated rings. The maximum Gasteiger partial charge on any atom is 0.255 e. The Hall–Kier alpha value is -2.40. The Bertz CT molecular complexity index is 672. The fraction of sp³-hybridized carbons (Fsp3) is 0.250. The molecule has 1 heterocycles. The molecule has 0 spiro atoms. The monoisotopic (exact) mass is 284 g/mol. The lowest BCUT2D eigenvalue weighted by Crippen LogP contribution is -2.16. The number of benzene rings is 1. The number of nitrogen functional groups attached to an aromatic ring is 1. The van der Waals surface area contributed by atoms with Gasteiger partial charge in [-0.1, -0.05) is 17.7 Å². The van der Waals surface area contributed by atoms with Crippen LogP contribution in [0.15, 0.2) is 24.3 Å². The number of aromatic nitrogens is 1. The Labute approximate surface area is 124 Å². The molecule has 2 rings (SSSR count). The smallest absolute Gasteiger partial charge is 0.255 e. The summed E-state index contributed by atoms with van der Waals surface area (Å²) in [7, 11) is 0. The van der Waals surface area contributed by atoms with Crippen LogP contribution in [0.3, 0.4) is 0 Å². The molecule has 1 aromatic carbocycles. The number of carbonyl (C=O) groups excluding carboxylic acids is 1. The lowest BCUT2D eigenvalue weighted by atomic mass is 10.0. The van der Waals surface area contributed by atoms with Gasteiger partial charge >= 0.3 is 0 Å². The summed E-state index contributed by atoms with van der Waals surface area (Å²) in [5, 5.41) is 2.97. The SMILES string of the molecule is Cc1cc(C)c(NC(=O)c2cc(C)nc(NN)c2)c(C)c1. The molecule has 0 aliphatic carbocycles. The Kier molecular flexibility index (Phi) is 4.23. The molecule has 0 radical (unpaired) electrons.